The van der Waals surface area contributed by atoms with E-state index in [9.17, 15) is 18.3 Å². The van der Waals surface area contributed by atoms with Crippen molar-refractivity contribution in [1.82, 2.24) is 9.88 Å². The van der Waals surface area contributed by atoms with Crippen LogP contribution in [-0.4, -0.2) is 62.3 Å². The number of amides is 1. The number of hydrogen-bond donors (Lipinski definition) is 2. The zero-order valence-corrected chi connectivity index (χ0v) is 23.1. The summed E-state index contributed by atoms with van der Waals surface area (Å²) >= 11 is 7.61. The Morgan fingerprint density at radius 3 is 2.68 bits per heavy atom. The minimum absolute atomic E-state index is 0.0220. The predicted octanol–water partition coefficient (Wildman–Crippen LogP) is 4.90. The number of thiazole rings is 1. The van der Waals surface area contributed by atoms with Crippen molar-refractivity contribution >= 4 is 50.6 Å². The second kappa shape index (κ2) is 11.2. The van der Waals surface area contributed by atoms with Crippen LogP contribution in [0.25, 0.3) is 0 Å². The van der Waals surface area contributed by atoms with Gasteiger partial charge in [-0.2, -0.15) is 0 Å². The molecule has 1 amide bonds. The number of halogens is 2. The SMILES string of the molecule is COc1ccc(CN(c2cscn2)S(=O)(=O)c2cc(Cl)c(N[C@@H]3CCN(C(=O)O)[C@@H]3C)cc2F)c(OC)c1. The highest BCUT2D eigenvalue weighted by Gasteiger charge is 2.35. The predicted molar refractivity (Wildman–Crippen MR) is 143 cm³/mol. The van der Waals surface area contributed by atoms with Crippen LogP contribution >= 0.6 is 22.9 Å². The summed E-state index contributed by atoms with van der Waals surface area (Å²) in [6, 6.07) is 6.30. The number of aromatic nitrogens is 1. The molecule has 1 fully saturated rings. The van der Waals surface area contributed by atoms with Crippen molar-refractivity contribution in [2.45, 2.75) is 36.9 Å². The Morgan fingerprint density at radius 1 is 1.32 bits per heavy atom. The third kappa shape index (κ3) is 5.45. The molecule has 38 heavy (non-hydrogen) atoms. The minimum atomic E-state index is -4.47. The summed E-state index contributed by atoms with van der Waals surface area (Å²) < 4.78 is 54.6. The van der Waals surface area contributed by atoms with Gasteiger partial charge in [0, 0.05) is 29.6 Å². The van der Waals surface area contributed by atoms with Crippen LogP contribution in [0.3, 0.4) is 0 Å². The first-order valence-electron chi connectivity index (χ1n) is 11.4. The Balaban J connectivity index is 1.67. The van der Waals surface area contributed by atoms with Gasteiger partial charge < -0.3 is 24.8 Å². The molecule has 0 bridgehead atoms. The molecule has 4 rings (SSSR count). The van der Waals surface area contributed by atoms with E-state index in [1.54, 1.807) is 30.5 Å². The first kappa shape index (κ1) is 27.7. The van der Waals surface area contributed by atoms with Gasteiger partial charge in [-0.1, -0.05) is 11.6 Å². The van der Waals surface area contributed by atoms with Crippen LogP contribution in [0, 0.1) is 5.82 Å². The minimum Gasteiger partial charge on any atom is -0.497 e. The van der Waals surface area contributed by atoms with Gasteiger partial charge in [-0.05, 0) is 37.6 Å². The van der Waals surface area contributed by atoms with Crippen molar-refractivity contribution in [2.24, 2.45) is 0 Å². The molecule has 0 aliphatic carbocycles. The molecule has 1 aliphatic heterocycles. The Kier molecular flexibility index (Phi) is 8.19. The molecule has 3 aromatic rings. The van der Waals surface area contributed by atoms with Gasteiger partial charge in [-0.15, -0.1) is 11.3 Å². The van der Waals surface area contributed by atoms with E-state index in [4.69, 9.17) is 21.1 Å². The Labute approximate surface area is 228 Å². The number of nitrogens with one attached hydrogen (secondary N) is 1. The lowest BCUT2D eigenvalue weighted by Crippen LogP contribution is -2.39. The van der Waals surface area contributed by atoms with Crippen molar-refractivity contribution in [2.75, 3.05) is 30.4 Å². The van der Waals surface area contributed by atoms with Gasteiger partial charge in [0.25, 0.3) is 10.0 Å². The molecular weight excluding hydrogens is 559 g/mol. The fourth-order valence-electron chi connectivity index (χ4n) is 4.31. The molecule has 2 aromatic carbocycles. The number of nitrogens with zero attached hydrogens (tertiary/aromatic N) is 3. The van der Waals surface area contributed by atoms with Crippen LogP contribution in [0.15, 0.2) is 46.1 Å². The van der Waals surface area contributed by atoms with E-state index < -0.39 is 26.8 Å². The maximum atomic E-state index is 15.4. The summed E-state index contributed by atoms with van der Waals surface area (Å²) in [7, 11) is -1.52. The highest BCUT2D eigenvalue weighted by molar-refractivity contribution is 7.92. The summed E-state index contributed by atoms with van der Waals surface area (Å²) in [5.41, 5.74) is 2.15. The summed E-state index contributed by atoms with van der Waals surface area (Å²) in [5, 5.41) is 13.9. The number of likely N-dealkylation sites (tertiary alicyclic amines) is 1. The monoisotopic (exact) mass is 584 g/mol. The number of anilines is 2. The lowest BCUT2D eigenvalue weighted by atomic mass is 10.1. The number of methoxy groups -OCH3 is 2. The number of benzene rings is 2. The van der Waals surface area contributed by atoms with Crippen LogP contribution in [0.4, 0.5) is 20.7 Å². The molecule has 2 atom stereocenters. The normalized spacial score (nSPS) is 17.3. The van der Waals surface area contributed by atoms with E-state index in [1.165, 1.54) is 36.0 Å². The van der Waals surface area contributed by atoms with Crippen molar-refractivity contribution in [3.63, 3.8) is 0 Å². The lowest BCUT2D eigenvalue weighted by molar-refractivity contribution is 0.142. The second-order valence-corrected chi connectivity index (χ2v) is 11.5. The topological polar surface area (TPSA) is 121 Å². The van der Waals surface area contributed by atoms with Gasteiger partial charge >= 0.3 is 6.09 Å². The van der Waals surface area contributed by atoms with E-state index in [0.29, 0.717) is 30.0 Å². The fraction of sp³-hybridized carbons (Fsp3) is 0.333. The number of hydrogen-bond acceptors (Lipinski definition) is 8. The average Bonchev–Trinajstić information content (AvgIpc) is 3.54. The van der Waals surface area contributed by atoms with Crippen LogP contribution in [0.5, 0.6) is 11.5 Å². The first-order valence-corrected chi connectivity index (χ1v) is 14.2. The molecule has 0 saturated carbocycles. The van der Waals surface area contributed by atoms with Crippen LogP contribution in [0.2, 0.25) is 5.02 Å². The third-order valence-electron chi connectivity index (χ3n) is 6.41. The van der Waals surface area contributed by atoms with Crippen molar-refractivity contribution in [3.8, 4) is 11.5 Å². The number of carbonyl (C=O) groups is 1. The van der Waals surface area contributed by atoms with Gasteiger partial charge in [-0.25, -0.2) is 26.9 Å². The van der Waals surface area contributed by atoms with E-state index in [-0.39, 0.29) is 35.2 Å². The molecule has 2 N–H and O–H groups in total. The molecular formula is C24H26ClFN4O6S2. The summed E-state index contributed by atoms with van der Waals surface area (Å²) in [6.45, 7) is 1.86. The van der Waals surface area contributed by atoms with Crippen molar-refractivity contribution in [1.29, 1.82) is 0 Å². The van der Waals surface area contributed by atoms with E-state index in [2.05, 4.69) is 10.3 Å². The Morgan fingerprint density at radius 2 is 2.08 bits per heavy atom. The smallest absolute Gasteiger partial charge is 0.407 e. The molecule has 0 spiro atoms. The van der Waals surface area contributed by atoms with Crippen LogP contribution < -0.4 is 19.1 Å². The Bertz CT molecular complexity index is 1420. The van der Waals surface area contributed by atoms with E-state index >= 15 is 4.39 Å². The highest BCUT2D eigenvalue weighted by Crippen LogP contribution is 2.35. The standard InChI is InChI=1S/C24H26ClFN4O6S2/c1-14-19(6-7-29(14)24(31)32)28-20-10-18(26)22(9-17(20)25)38(33,34)30(23-12-37-13-27-23)11-15-4-5-16(35-2)8-21(15)36-3/h4-5,8-10,12-14,19,28H,6-7,11H2,1-3H3,(H,31,32)/t14-,19-/m1/s1. The molecule has 1 saturated heterocycles. The lowest BCUT2D eigenvalue weighted by Gasteiger charge is -2.25. The molecule has 1 aliphatic rings. The number of carboxylic acid groups (broad SMARTS) is 1. The summed E-state index contributed by atoms with van der Waals surface area (Å²) in [5.74, 6) is 0.00950. The zero-order valence-electron chi connectivity index (χ0n) is 20.7. The molecule has 1 aromatic heterocycles. The molecule has 204 valence electrons. The number of sulfonamides is 1. The van der Waals surface area contributed by atoms with Crippen LogP contribution in [0.1, 0.15) is 18.9 Å². The fourth-order valence-corrected chi connectivity index (χ4v) is 6.67. The van der Waals surface area contributed by atoms with Gasteiger partial charge in [-0.3, -0.25) is 0 Å². The molecule has 14 heteroatoms. The largest absolute Gasteiger partial charge is 0.497 e. The Hall–Kier alpha value is -3.29. The quantitative estimate of drug-likeness (QED) is 0.364. The van der Waals surface area contributed by atoms with Gasteiger partial charge in [0.05, 0.1) is 43.0 Å². The van der Waals surface area contributed by atoms with Crippen molar-refractivity contribution < 1.29 is 32.2 Å². The van der Waals surface area contributed by atoms with Gasteiger partial charge in [0.15, 0.2) is 5.82 Å². The molecule has 0 radical (unpaired) electrons. The molecule has 10 nitrogen and oxygen atoms in total. The third-order valence-corrected chi connectivity index (χ3v) is 9.07. The number of rotatable bonds is 9. The highest BCUT2D eigenvalue weighted by atomic mass is 35.5. The van der Waals surface area contributed by atoms with E-state index in [0.717, 1.165) is 16.4 Å². The maximum Gasteiger partial charge on any atom is 0.407 e. The average molecular weight is 585 g/mol. The first-order chi connectivity index (χ1) is 18.1. The molecule has 0 unspecified atom stereocenters. The summed E-state index contributed by atoms with van der Waals surface area (Å²) in [4.78, 5) is 16.2. The zero-order chi connectivity index (χ0) is 27.6. The number of ether oxygens (including phenoxy) is 2. The van der Waals surface area contributed by atoms with E-state index in [1.807, 2.05) is 0 Å². The maximum absolute atomic E-state index is 15.4. The second-order valence-electron chi connectivity index (χ2n) is 8.55. The van der Waals surface area contributed by atoms with Gasteiger partial charge in [0.1, 0.15) is 22.2 Å². The molecule has 2 heterocycles. The van der Waals surface area contributed by atoms with Crippen molar-refractivity contribution in [3.05, 3.63) is 57.6 Å². The van der Waals surface area contributed by atoms with Gasteiger partial charge in [0.2, 0.25) is 0 Å². The van der Waals surface area contributed by atoms with Crippen LogP contribution in [-0.2, 0) is 16.6 Å². The summed E-state index contributed by atoms with van der Waals surface area (Å²) in [6.07, 6.45) is -0.552.